The van der Waals surface area contributed by atoms with E-state index in [-0.39, 0.29) is 0 Å². The minimum atomic E-state index is -0.526. The number of anilines is 1. The van der Waals surface area contributed by atoms with Crippen LogP contribution in [0.1, 0.15) is 32.4 Å². The molecule has 0 aliphatic carbocycles. The van der Waals surface area contributed by atoms with Gasteiger partial charge in [-0.25, -0.2) is 4.79 Å². The molecule has 0 fully saturated rings. The fourth-order valence-corrected chi connectivity index (χ4v) is 3.32. The molecule has 0 saturated carbocycles. The zero-order chi connectivity index (χ0) is 19.6. The van der Waals surface area contributed by atoms with Gasteiger partial charge in [0, 0.05) is 5.70 Å². The van der Waals surface area contributed by atoms with Crippen molar-refractivity contribution in [2.45, 2.75) is 26.8 Å². The fourth-order valence-electron chi connectivity index (χ4n) is 3.05. The standard InChI is InChI=1S/C18H21ClN4O4/c1-5-26-13-8-11(7-12(19)16(13)27-6-2)15-14(17(24)25-4)10(3)23-9-20-22-18(23)21-15/h7-9,15H,5-6H2,1-4H3,(H,21,22)/t15-/m0/s1. The maximum Gasteiger partial charge on any atom is 0.337 e. The molecule has 9 heteroatoms. The summed E-state index contributed by atoms with van der Waals surface area (Å²) in [6, 6.07) is 3.02. The number of fused-ring (bicyclic) bond motifs is 1. The molecule has 1 aliphatic heterocycles. The first-order valence-electron chi connectivity index (χ1n) is 8.56. The number of carbonyl (C=O) groups excluding carboxylic acids is 1. The van der Waals surface area contributed by atoms with Crippen LogP contribution in [0.4, 0.5) is 5.95 Å². The van der Waals surface area contributed by atoms with Crippen LogP contribution in [0.25, 0.3) is 5.70 Å². The lowest BCUT2D eigenvalue weighted by Gasteiger charge is -2.29. The number of carbonyl (C=O) groups is 1. The summed E-state index contributed by atoms with van der Waals surface area (Å²) in [5.74, 6) is 1.06. The van der Waals surface area contributed by atoms with Crippen molar-refractivity contribution in [3.05, 3.63) is 34.6 Å². The summed E-state index contributed by atoms with van der Waals surface area (Å²) in [5.41, 5.74) is 1.84. The second kappa shape index (κ2) is 7.87. The number of nitrogens with zero attached hydrogens (tertiary/aromatic N) is 3. The summed E-state index contributed by atoms with van der Waals surface area (Å²) in [7, 11) is 1.35. The molecule has 27 heavy (non-hydrogen) atoms. The number of methoxy groups -OCH3 is 1. The predicted octanol–water partition coefficient (Wildman–Crippen LogP) is 3.30. The van der Waals surface area contributed by atoms with Crippen molar-refractivity contribution in [1.82, 2.24) is 14.8 Å². The number of halogens is 1. The third-order valence-electron chi connectivity index (χ3n) is 4.22. The van der Waals surface area contributed by atoms with Gasteiger partial charge in [-0.05, 0) is 38.5 Å². The van der Waals surface area contributed by atoms with Gasteiger partial charge in [0.25, 0.3) is 0 Å². The van der Waals surface area contributed by atoms with Gasteiger partial charge in [-0.2, -0.15) is 0 Å². The van der Waals surface area contributed by atoms with E-state index in [1.807, 2.05) is 20.8 Å². The number of esters is 1. The Hall–Kier alpha value is -2.74. The highest BCUT2D eigenvalue weighted by Gasteiger charge is 2.33. The Morgan fingerprint density at radius 1 is 1.30 bits per heavy atom. The van der Waals surface area contributed by atoms with Crippen LogP contribution in [0.2, 0.25) is 5.02 Å². The van der Waals surface area contributed by atoms with Crippen LogP contribution < -0.4 is 14.8 Å². The van der Waals surface area contributed by atoms with E-state index in [1.54, 1.807) is 16.7 Å². The smallest absolute Gasteiger partial charge is 0.337 e. The van der Waals surface area contributed by atoms with Gasteiger partial charge in [0.2, 0.25) is 5.95 Å². The molecule has 1 atom stereocenters. The molecular weight excluding hydrogens is 372 g/mol. The van der Waals surface area contributed by atoms with E-state index in [0.29, 0.717) is 47.0 Å². The van der Waals surface area contributed by atoms with Gasteiger partial charge in [0.1, 0.15) is 6.33 Å². The Morgan fingerprint density at radius 2 is 2.04 bits per heavy atom. The number of rotatable bonds is 6. The lowest BCUT2D eigenvalue weighted by atomic mass is 9.95. The summed E-state index contributed by atoms with van der Waals surface area (Å²) in [6.45, 7) is 6.46. The number of aromatic nitrogens is 3. The molecule has 0 amide bonds. The average Bonchev–Trinajstić information content (AvgIpc) is 3.13. The molecule has 2 heterocycles. The number of allylic oxidation sites excluding steroid dienone is 1. The van der Waals surface area contributed by atoms with Gasteiger partial charge in [0.05, 0.1) is 37.0 Å². The third-order valence-corrected chi connectivity index (χ3v) is 4.50. The topological polar surface area (TPSA) is 87.5 Å². The molecular formula is C18H21ClN4O4. The Bertz CT molecular complexity index is 893. The molecule has 1 aromatic heterocycles. The van der Waals surface area contributed by atoms with Crippen LogP contribution in [-0.4, -0.2) is 41.1 Å². The van der Waals surface area contributed by atoms with E-state index in [9.17, 15) is 4.79 Å². The first kappa shape index (κ1) is 19.0. The van der Waals surface area contributed by atoms with Gasteiger partial charge in [-0.3, -0.25) is 4.57 Å². The third kappa shape index (κ3) is 3.44. The number of nitrogens with one attached hydrogen (secondary N) is 1. The fraction of sp³-hybridized carbons (Fsp3) is 0.389. The van der Waals surface area contributed by atoms with Gasteiger partial charge >= 0.3 is 5.97 Å². The zero-order valence-electron chi connectivity index (χ0n) is 15.6. The van der Waals surface area contributed by atoms with Gasteiger partial charge in [-0.1, -0.05) is 11.6 Å². The summed E-state index contributed by atoms with van der Waals surface area (Å²) < 4.78 is 18.0. The van der Waals surface area contributed by atoms with E-state index in [1.165, 1.54) is 13.4 Å². The molecule has 144 valence electrons. The molecule has 0 unspecified atom stereocenters. The largest absolute Gasteiger partial charge is 0.490 e. The first-order chi connectivity index (χ1) is 13.0. The highest BCUT2D eigenvalue weighted by molar-refractivity contribution is 6.32. The SMILES string of the molecule is CCOc1cc([C@@H]2Nc3nncn3C(C)=C2C(=O)OC)cc(Cl)c1OCC. The monoisotopic (exact) mass is 392 g/mol. The summed E-state index contributed by atoms with van der Waals surface area (Å²) in [6.07, 6.45) is 1.54. The van der Waals surface area contributed by atoms with Crippen LogP contribution in [0.15, 0.2) is 24.0 Å². The van der Waals surface area contributed by atoms with E-state index in [4.69, 9.17) is 25.8 Å². The van der Waals surface area contributed by atoms with Gasteiger partial charge in [0.15, 0.2) is 11.5 Å². The van der Waals surface area contributed by atoms with Crippen molar-refractivity contribution in [2.24, 2.45) is 0 Å². The lowest BCUT2D eigenvalue weighted by molar-refractivity contribution is -0.136. The molecule has 1 aromatic carbocycles. The van der Waals surface area contributed by atoms with Gasteiger partial charge in [-0.15, -0.1) is 10.2 Å². The Balaban J connectivity index is 2.14. The second-order valence-corrected chi connectivity index (χ2v) is 6.20. The molecule has 8 nitrogen and oxygen atoms in total. The van der Waals surface area contributed by atoms with Crippen molar-refractivity contribution in [1.29, 1.82) is 0 Å². The van der Waals surface area contributed by atoms with Gasteiger partial charge < -0.3 is 19.5 Å². The lowest BCUT2D eigenvalue weighted by Crippen LogP contribution is -2.27. The van der Waals surface area contributed by atoms with Crippen molar-refractivity contribution in [2.75, 3.05) is 25.6 Å². The van der Waals surface area contributed by atoms with Crippen LogP contribution in [-0.2, 0) is 9.53 Å². The molecule has 0 spiro atoms. The normalized spacial score (nSPS) is 15.8. The van der Waals surface area contributed by atoms with E-state index >= 15 is 0 Å². The highest BCUT2D eigenvalue weighted by atomic mass is 35.5. The Kier molecular flexibility index (Phi) is 5.55. The van der Waals surface area contributed by atoms with E-state index < -0.39 is 12.0 Å². The Labute approximate surface area is 162 Å². The molecule has 0 saturated heterocycles. The molecule has 1 N–H and O–H groups in total. The van der Waals surface area contributed by atoms with E-state index in [2.05, 4.69) is 15.5 Å². The number of hydrogen-bond acceptors (Lipinski definition) is 7. The summed E-state index contributed by atoms with van der Waals surface area (Å²) >= 11 is 6.45. The van der Waals surface area contributed by atoms with E-state index in [0.717, 1.165) is 5.56 Å². The predicted molar refractivity (Wildman–Crippen MR) is 101 cm³/mol. The highest BCUT2D eigenvalue weighted by Crippen LogP contribution is 2.42. The average molecular weight is 393 g/mol. The maximum atomic E-state index is 12.5. The number of hydrogen-bond donors (Lipinski definition) is 1. The summed E-state index contributed by atoms with van der Waals surface area (Å²) in [5, 5.41) is 11.6. The van der Waals surface area contributed by atoms with Crippen LogP contribution in [0, 0.1) is 0 Å². The van der Waals surface area contributed by atoms with Crippen molar-refractivity contribution >= 4 is 29.2 Å². The molecule has 1 aliphatic rings. The van der Waals surface area contributed by atoms with Crippen LogP contribution in [0.3, 0.4) is 0 Å². The van der Waals surface area contributed by atoms with Crippen LogP contribution in [0.5, 0.6) is 11.5 Å². The molecule has 0 radical (unpaired) electrons. The van der Waals surface area contributed by atoms with Crippen molar-refractivity contribution < 1.29 is 19.0 Å². The summed E-state index contributed by atoms with van der Waals surface area (Å²) in [4.78, 5) is 12.5. The maximum absolute atomic E-state index is 12.5. The number of ether oxygens (including phenoxy) is 3. The minimum Gasteiger partial charge on any atom is -0.490 e. The molecule has 0 bridgehead atoms. The molecule has 3 rings (SSSR count). The van der Waals surface area contributed by atoms with Crippen molar-refractivity contribution in [3.63, 3.8) is 0 Å². The quantitative estimate of drug-likeness (QED) is 0.754. The van der Waals surface area contributed by atoms with Crippen molar-refractivity contribution in [3.8, 4) is 11.5 Å². The van der Waals surface area contributed by atoms with Crippen LogP contribution >= 0.6 is 11.6 Å². The minimum absolute atomic E-state index is 0.397. The molecule has 2 aromatic rings. The Morgan fingerprint density at radius 3 is 2.70 bits per heavy atom. The first-order valence-corrected chi connectivity index (χ1v) is 8.94. The number of benzene rings is 1. The second-order valence-electron chi connectivity index (χ2n) is 5.79. The zero-order valence-corrected chi connectivity index (χ0v) is 16.3.